The number of guanidine groups is 1. The third-order valence-corrected chi connectivity index (χ3v) is 3.87. The molecule has 0 aliphatic carbocycles. The molecule has 0 spiro atoms. The predicted octanol–water partition coefficient (Wildman–Crippen LogP) is 3.62. The lowest BCUT2D eigenvalue weighted by Crippen LogP contribution is -2.36. The molecule has 2 aromatic rings. The van der Waals surface area contributed by atoms with E-state index in [-0.39, 0.29) is 0 Å². The van der Waals surface area contributed by atoms with Gasteiger partial charge in [0.1, 0.15) is 12.4 Å². The first kappa shape index (κ1) is 20.1. The van der Waals surface area contributed by atoms with Crippen molar-refractivity contribution in [1.29, 1.82) is 0 Å². The topological polar surface area (TPSA) is 54.9 Å². The van der Waals surface area contributed by atoms with E-state index in [1.807, 2.05) is 55.5 Å². The monoisotopic (exact) mass is 375 g/mol. The first-order chi connectivity index (χ1) is 12.7. The summed E-state index contributed by atoms with van der Waals surface area (Å²) in [6.45, 7) is 5.26. The number of hydrogen-bond donors (Lipinski definition) is 2. The Morgan fingerprint density at radius 2 is 1.65 bits per heavy atom. The fourth-order valence-corrected chi connectivity index (χ4v) is 2.36. The Morgan fingerprint density at radius 1 is 0.962 bits per heavy atom. The van der Waals surface area contributed by atoms with Gasteiger partial charge in [-0.3, -0.25) is 0 Å². The second kappa shape index (κ2) is 11.4. The third-order valence-electron chi connectivity index (χ3n) is 3.62. The molecule has 0 saturated carbocycles. The minimum atomic E-state index is 0.549. The van der Waals surface area contributed by atoms with Crippen LogP contribution < -0.4 is 15.4 Å². The first-order valence-electron chi connectivity index (χ1n) is 8.68. The zero-order chi connectivity index (χ0) is 18.6. The van der Waals surface area contributed by atoms with Crippen LogP contribution in [-0.2, 0) is 17.8 Å². The van der Waals surface area contributed by atoms with E-state index in [4.69, 9.17) is 21.1 Å². The van der Waals surface area contributed by atoms with Crippen LogP contribution in [0.25, 0.3) is 0 Å². The molecule has 2 rings (SSSR count). The van der Waals surface area contributed by atoms with Gasteiger partial charge in [0.25, 0.3) is 0 Å². The van der Waals surface area contributed by atoms with Crippen LogP contribution >= 0.6 is 11.6 Å². The summed E-state index contributed by atoms with van der Waals surface area (Å²) in [5, 5.41) is 7.32. The second-order valence-corrected chi connectivity index (χ2v) is 6.10. The molecule has 2 aromatic carbocycles. The number of aliphatic imine (C=N–C) groups is 1. The quantitative estimate of drug-likeness (QED) is 0.399. The largest absolute Gasteiger partial charge is 0.491 e. The summed E-state index contributed by atoms with van der Waals surface area (Å²) in [6, 6.07) is 15.7. The number of nitrogens with zero attached hydrogens (tertiary/aromatic N) is 1. The zero-order valence-corrected chi connectivity index (χ0v) is 16.1. The molecule has 0 saturated heterocycles. The highest BCUT2D eigenvalue weighted by Crippen LogP contribution is 2.13. The van der Waals surface area contributed by atoms with Gasteiger partial charge in [0.2, 0.25) is 0 Å². The molecule has 0 atom stereocenters. The van der Waals surface area contributed by atoms with Gasteiger partial charge < -0.3 is 20.1 Å². The van der Waals surface area contributed by atoms with Crippen LogP contribution in [0.3, 0.4) is 0 Å². The van der Waals surface area contributed by atoms with Gasteiger partial charge in [0.05, 0.1) is 13.2 Å². The van der Waals surface area contributed by atoms with Gasteiger partial charge in [-0.2, -0.15) is 0 Å². The normalized spacial score (nSPS) is 11.3. The molecule has 0 fully saturated rings. The number of rotatable bonds is 9. The summed E-state index contributed by atoms with van der Waals surface area (Å²) in [4.78, 5) is 4.63. The maximum atomic E-state index is 5.92. The van der Waals surface area contributed by atoms with E-state index in [0.717, 1.165) is 34.4 Å². The fraction of sp³-hybridized carbons (Fsp3) is 0.350. The molecule has 5 nitrogen and oxygen atoms in total. The molecule has 0 aromatic heterocycles. The van der Waals surface area contributed by atoms with E-state index >= 15 is 0 Å². The minimum Gasteiger partial charge on any atom is -0.491 e. The summed E-state index contributed by atoms with van der Waals surface area (Å²) in [7, 11) is 1.66. The highest BCUT2D eigenvalue weighted by molar-refractivity contribution is 6.30. The Labute approximate surface area is 160 Å². The smallest absolute Gasteiger partial charge is 0.191 e. The van der Waals surface area contributed by atoms with Gasteiger partial charge in [-0.25, -0.2) is 4.99 Å². The van der Waals surface area contributed by atoms with Crippen LogP contribution in [0, 0.1) is 0 Å². The lowest BCUT2D eigenvalue weighted by atomic mass is 10.2. The summed E-state index contributed by atoms with van der Waals surface area (Å²) >= 11 is 5.92. The number of hydrogen-bond acceptors (Lipinski definition) is 3. The minimum absolute atomic E-state index is 0.549. The van der Waals surface area contributed by atoms with Crippen molar-refractivity contribution < 1.29 is 9.47 Å². The lowest BCUT2D eigenvalue weighted by Gasteiger charge is -2.11. The predicted molar refractivity (Wildman–Crippen MR) is 107 cm³/mol. The molecule has 140 valence electrons. The molecule has 0 radical (unpaired) electrons. The van der Waals surface area contributed by atoms with Crippen molar-refractivity contribution in [2.45, 2.75) is 20.0 Å². The van der Waals surface area contributed by atoms with E-state index < -0.39 is 0 Å². The van der Waals surface area contributed by atoms with Crippen molar-refractivity contribution in [3.05, 3.63) is 64.7 Å². The SMILES string of the molecule is CCNC(=NCc1ccc(OCCOC)cc1)NCc1ccc(Cl)cc1. The highest BCUT2D eigenvalue weighted by Gasteiger charge is 2.00. The Bertz CT molecular complexity index is 672. The molecule has 0 aliphatic heterocycles. The maximum absolute atomic E-state index is 5.92. The van der Waals surface area contributed by atoms with Crippen molar-refractivity contribution in [3.63, 3.8) is 0 Å². The fourth-order valence-electron chi connectivity index (χ4n) is 2.23. The van der Waals surface area contributed by atoms with Crippen molar-refractivity contribution >= 4 is 17.6 Å². The number of halogens is 1. The zero-order valence-electron chi connectivity index (χ0n) is 15.3. The molecule has 0 unspecified atom stereocenters. The average Bonchev–Trinajstić information content (AvgIpc) is 2.66. The van der Waals surface area contributed by atoms with E-state index in [1.165, 1.54) is 0 Å². The Balaban J connectivity index is 1.88. The first-order valence-corrected chi connectivity index (χ1v) is 9.06. The van der Waals surface area contributed by atoms with E-state index in [1.54, 1.807) is 7.11 Å². The van der Waals surface area contributed by atoms with Gasteiger partial charge >= 0.3 is 0 Å². The van der Waals surface area contributed by atoms with Crippen LogP contribution in [0.1, 0.15) is 18.1 Å². The van der Waals surface area contributed by atoms with Crippen molar-refractivity contribution in [2.24, 2.45) is 4.99 Å². The standard InChI is InChI=1S/C20H26ClN3O2/c1-3-22-20(23-14-16-4-8-18(21)9-5-16)24-15-17-6-10-19(11-7-17)26-13-12-25-2/h4-11H,3,12-15H2,1-2H3,(H2,22,23,24). The second-order valence-electron chi connectivity index (χ2n) is 5.66. The molecule has 6 heteroatoms. The third kappa shape index (κ3) is 7.33. The number of benzene rings is 2. The van der Waals surface area contributed by atoms with Gasteiger partial charge in [-0.15, -0.1) is 0 Å². The Morgan fingerprint density at radius 3 is 2.31 bits per heavy atom. The van der Waals surface area contributed by atoms with Gasteiger partial charge in [-0.1, -0.05) is 35.9 Å². The molecule has 0 bridgehead atoms. The molecule has 0 amide bonds. The molecular formula is C20H26ClN3O2. The Kier molecular flexibility index (Phi) is 8.79. The van der Waals surface area contributed by atoms with Crippen LogP contribution in [-0.4, -0.2) is 32.8 Å². The molecule has 26 heavy (non-hydrogen) atoms. The van der Waals surface area contributed by atoms with Gasteiger partial charge in [0.15, 0.2) is 5.96 Å². The summed E-state index contributed by atoms with van der Waals surface area (Å²) in [6.07, 6.45) is 0. The molecule has 0 heterocycles. The van der Waals surface area contributed by atoms with E-state index in [9.17, 15) is 0 Å². The van der Waals surface area contributed by atoms with Crippen LogP contribution in [0.4, 0.5) is 0 Å². The molecule has 0 aliphatic rings. The van der Waals surface area contributed by atoms with E-state index in [0.29, 0.717) is 26.3 Å². The molecular weight excluding hydrogens is 350 g/mol. The Hall–Kier alpha value is -2.24. The summed E-state index contributed by atoms with van der Waals surface area (Å²) in [5.41, 5.74) is 2.27. The van der Waals surface area contributed by atoms with Crippen LogP contribution in [0.5, 0.6) is 5.75 Å². The van der Waals surface area contributed by atoms with E-state index in [2.05, 4.69) is 15.6 Å². The number of ether oxygens (including phenoxy) is 2. The average molecular weight is 376 g/mol. The van der Waals surface area contributed by atoms with Crippen molar-refractivity contribution in [3.8, 4) is 5.75 Å². The maximum Gasteiger partial charge on any atom is 0.191 e. The summed E-state index contributed by atoms with van der Waals surface area (Å²) in [5.74, 6) is 1.62. The van der Waals surface area contributed by atoms with Gasteiger partial charge in [0, 0.05) is 25.2 Å². The van der Waals surface area contributed by atoms with Crippen molar-refractivity contribution in [1.82, 2.24) is 10.6 Å². The summed E-state index contributed by atoms with van der Waals surface area (Å²) < 4.78 is 10.5. The van der Waals surface area contributed by atoms with Crippen LogP contribution in [0.15, 0.2) is 53.5 Å². The van der Waals surface area contributed by atoms with Gasteiger partial charge in [-0.05, 0) is 42.3 Å². The van der Waals surface area contributed by atoms with Crippen LogP contribution in [0.2, 0.25) is 5.02 Å². The highest BCUT2D eigenvalue weighted by atomic mass is 35.5. The lowest BCUT2D eigenvalue weighted by molar-refractivity contribution is 0.146. The van der Waals surface area contributed by atoms with Crippen molar-refractivity contribution in [2.75, 3.05) is 26.9 Å². The number of methoxy groups -OCH3 is 1. The molecule has 2 N–H and O–H groups in total. The number of nitrogens with one attached hydrogen (secondary N) is 2.